The molecular formula is C16H15BrN2O5S. The van der Waals surface area contributed by atoms with Gasteiger partial charge in [-0.15, -0.1) is 0 Å². The molecule has 0 saturated carbocycles. The van der Waals surface area contributed by atoms with E-state index in [1.54, 1.807) is 12.1 Å². The fraction of sp³-hybridized carbons (Fsp3) is 0.125. The summed E-state index contributed by atoms with van der Waals surface area (Å²) in [5.74, 6) is -1.10. The highest BCUT2D eigenvalue weighted by atomic mass is 79.9. The van der Waals surface area contributed by atoms with Gasteiger partial charge in [0.25, 0.3) is 15.9 Å². The van der Waals surface area contributed by atoms with Crippen LogP contribution in [0.2, 0.25) is 0 Å². The average Bonchev–Trinajstić information content (AvgIpc) is 2.59. The standard InChI is InChI=1S/C16H15BrN2O5S/c1-24-15(20)10-18-16(21)11-3-2-4-13(9-11)19-25(22,23)14-7-5-12(17)6-8-14/h2-9,19H,10H2,1H3,(H,18,21). The molecule has 0 aliphatic rings. The summed E-state index contributed by atoms with van der Waals surface area (Å²) in [6.07, 6.45) is 0. The third-order valence-electron chi connectivity index (χ3n) is 3.12. The molecule has 0 fully saturated rings. The summed E-state index contributed by atoms with van der Waals surface area (Å²) >= 11 is 3.24. The highest BCUT2D eigenvalue weighted by Gasteiger charge is 2.15. The molecule has 2 rings (SSSR count). The highest BCUT2D eigenvalue weighted by molar-refractivity contribution is 9.10. The number of hydrogen-bond acceptors (Lipinski definition) is 5. The summed E-state index contributed by atoms with van der Waals surface area (Å²) in [6, 6.07) is 12.1. The molecule has 25 heavy (non-hydrogen) atoms. The minimum Gasteiger partial charge on any atom is -0.468 e. The predicted molar refractivity (Wildman–Crippen MR) is 95.7 cm³/mol. The van der Waals surface area contributed by atoms with E-state index in [2.05, 4.69) is 30.7 Å². The van der Waals surface area contributed by atoms with Crippen molar-refractivity contribution >= 4 is 43.5 Å². The Hall–Kier alpha value is -2.39. The lowest BCUT2D eigenvalue weighted by Crippen LogP contribution is -2.30. The third-order valence-corrected chi connectivity index (χ3v) is 5.05. The lowest BCUT2D eigenvalue weighted by Gasteiger charge is -2.10. The fourth-order valence-electron chi connectivity index (χ4n) is 1.88. The van der Waals surface area contributed by atoms with E-state index in [1.807, 2.05) is 0 Å². The Morgan fingerprint density at radius 1 is 1.12 bits per heavy atom. The molecule has 1 amide bonds. The number of esters is 1. The molecule has 9 heteroatoms. The predicted octanol–water partition coefficient (Wildman–Crippen LogP) is 2.15. The monoisotopic (exact) mass is 426 g/mol. The molecule has 0 radical (unpaired) electrons. The molecule has 0 saturated heterocycles. The minimum absolute atomic E-state index is 0.0937. The lowest BCUT2D eigenvalue weighted by atomic mass is 10.2. The highest BCUT2D eigenvalue weighted by Crippen LogP contribution is 2.19. The maximum Gasteiger partial charge on any atom is 0.325 e. The van der Waals surface area contributed by atoms with E-state index in [1.165, 1.54) is 43.5 Å². The first-order valence-electron chi connectivity index (χ1n) is 7.05. The Morgan fingerprint density at radius 2 is 1.80 bits per heavy atom. The van der Waals surface area contributed by atoms with E-state index < -0.39 is 21.9 Å². The van der Waals surface area contributed by atoms with Crippen LogP contribution in [0.4, 0.5) is 5.69 Å². The SMILES string of the molecule is COC(=O)CNC(=O)c1cccc(NS(=O)(=O)c2ccc(Br)cc2)c1. The summed E-state index contributed by atoms with van der Waals surface area (Å²) in [5.41, 5.74) is 0.438. The number of ether oxygens (including phenoxy) is 1. The molecule has 2 aromatic carbocycles. The molecule has 0 spiro atoms. The van der Waals surface area contributed by atoms with Gasteiger partial charge in [-0.05, 0) is 42.5 Å². The van der Waals surface area contributed by atoms with Crippen molar-refractivity contribution in [2.75, 3.05) is 18.4 Å². The number of sulfonamides is 1. The molecular weight excluding hydrogens is 412 g/mol. The Morgan fingerprint density at radius 3 is 2.44 bits per heavy atom. The van der Waals surface area contributed by atoms with Crippen LogP contribution in [0.3, 0.4) is 0 Å². The number of rotatable bonds is 6. The quantitative estimate of drug-likeness (QED) is 0.688. The summed E-state index contributed by atoms with van der Waals surface area (Å²) < 4.78 is 32.3. The van der Waals surface area contributed by atoms with Crippen LogP contribution < -0.4 is 10.0 Å². The lowest BCUT2D eigenvalue weighted by molar-refractivity contribution is -0.139. The van der Waals surface area contributed by atoms with Gasteiger partial charge < -0.3 is 10.1 Å². The zero-order chi connectivity index (χ0) is 18.4. The summed E-state index contributed by atoms with van der Waals surface area (Å²) in [5, 5.41) is 2.38. The Kier molecular flexibility index (Phi) is 6.16. The van der Waals surface area contributed by atoms with Gasteiger partial charge >= 0.3 is 5.97 Å². The van der Waals surface area contributed by atoms with Gasteiger partial charge in [-0.2, -0.15) is 0 Å². The van der Waals surface area contributed by atoms with E-state index in [0.717, 1.165) is 4.47 Å². The van der Waals surface area contributed by atoms with Gasteiger partial charge in [-0.25, -0.2) is 8.42 Å². The third kappa shape index (κ3) is 5.30. The van der Waals surface area contributed by atoms with Gasteiger partial charge in [0, 0.05) is 15.7 Å². The van der Waals surface area contributed by atoms with Crippen molar-refractivity contribution in [3.63, 3.8) is 0 Å². The molecule has 2 N–H and O–H groups in total. The van der Waals surface area contributed by atoms with Crippen molar-refractivity contribution in [3.8, 4) is 0 Å². The maximum absolute atomic E-state index is 12.4. The van der Waals surface area contributed by atoms with Crippen LogP contribution in [-0.4, -0.2) is 33.9 Å². The fourth-order valence-corrected chi connectivity index (χ4v) is 3.19. The van der Waals surface area contributed by atoms with Crippen molar-refractivity contribution < 1.29 is 22.7 Å². The number of anilines is 1. The average molecular weight is 427 g/mol. The normalized spacial score (nSPS) is 10.8. The van der Waals surface area contributed by atoms with Crippen LogP contribution in [0.25, 0.3) is 0 Å². The second-order valence-corrected chi connectivity index (χ2v) is 7.50. The first-order valence-corrected chi connectivity index (χ1v) is 9.33. The smallest absolute Gasteiger partial charge is 0.325 e. The van der Waals surface area contributed by atoms with Crippen LogP contribution in [-0.2, 0) is 19.6 Å². The summed E-state index contributed by atoms with van der Waals surface area (Å²) in [4.78, 5) is 23.1. The van der Waals surface area contributed by atoms with Gasteiger partial charge in [-0.3, -0.25) is 14.3 Å². The van der Waals surface area contributed by atoms with Gasteiger partial charge in [-0.1, -0.05) is 22.0 Å². The first kappa shape index (κ1) is 18.9. The molecule has 0 atom stereocenters. The number of benzene rings is 2. The first-order chi connectivity index (χ1) is 11.8. The number of halogens is 1. The molecule has 0 unspecified atom stereocenters. The van der Waals surface area contributed by atoms with Gasteiger partial charge in [0.2, 0.25) is 0 Å². The maximum atomic E-state index is 12.4. The van der Waals surface area contributed by atoms with Crippen LogP contribution in [0.5, 0.6) is 0 Å². The van der Waals surface area contributed by atoms with E-state index >= 15 is 0 Å². The summed E-state index contributed by atoms with van der Waals surface area (Å²) in [7, 11) is -2.56. The van der Waals surface area contributed by atoms with Crippen molar-refractivity contribution in [1.29, 1.82) is 0 Å². The van der Waals surface area contributed by atoms with Crippen LogP contribution in [0.15, 0.2) is 57.9 Å². The number of methoxy groups -OCH3 is 1. The zero-order valence-corrected chi connectivity index (χ0v) is 15.6. The molecule has 132 valence electrons. The topological polar surface area (TPSA) is 102 Å². The zero-order valence-electron chi connectivity index (χ0n) is 13.2. The Bertz CT molecular complexity index is 882. The molecule has 0 bridgehead atoms. The van der Waals surface area contributed by atoms with Crippen LogP contribution in [0, 0.1) is 0 Å². The Balaban J connectivity index is 2.14. The van der Waals surface area contributed by atoms with E-state index in [-0.39, 0.29) is 22.7 Å². The number of carbonyl (C=O) groups excluding carboxylic acids is 2. The van der Waals surface area contributed by atoms with Gasteiger partial charge in [0.15, 0.2) is 0 Å². The van der Waals surface area contributed by atoms with Crippen molar-refractivity contribution in [1.82, 2.24) is 5.32 Å². The molecule has 2 aromatic rings. The van der Waals surface area contributed by atoms with E-state index in [0.29, 0.717) is 0 Å². The van der Waals surface area contributed by atoms with Crippen LogP contribution >= 0.6 is 15.9 Å². The number of nitrogens with one attached hydrogen (secondary N) is 2. The molecule has 0 heterocycles. The van der Waals surface area contributed by atoms with Crippen LogP contribution in [0.1, 0.15) is 10.4 Å². The number of hydrogen-bond donors (Lipinski definition) is 2. The van der Waals surface area contributed by atoms with Gasteiger partial charge in [0.05, 0.1) is 12.0 Å². The van der Waals surface area contributed by atoms with E-state index in [4.69, 9.17) is 0 Å². The van der Waals surface area contributed by atoms with Crippen molar-refractivity contribution in [2.24, 2.45) is 0 Å². The number of carbonyl (C=O) groups is 2. The Labute approximate surface area is 153 Å². The van der Waals surface area contributed by atoms with Crippen molar-refractivity contribution in [3.05, 3.63) is 58.6 Å². The molecule has 7 nitrogen and oxygen atoms in total. The molecule has 0 aromatic heterocycles. The minimum atomic E-state index is -3.78. The largest absolute Gasteiger partial charge is 0.468 e. The van der Waals surface area contributed by atoms with Crippen molar-refractivity contribution in [2.45, 2.75) is 4.90 Å². The number of amides is 1. The molecule has 0 aliphatic carbocycles. The van der Waals surface area contributed by atoms with Gasteiger partial charge in [0.1, 0.15) is 6.54 Å². The molecule has 0 aliphatic heterocycles. The summed E-state index contributed by atoms with van der Waals surface area (Å²) in [6.45, 7) is -0.274. The van der Waals surface area contributed by atoms with E-state index in [9.17, 15) is 18.0 Å². The second kappa shape index (κ2) is 8.13. The second-order valence-electron chi connectivity index (χ2n) is 4.90.